The third kappa shape index (κ3) is 3.96. The molecular formula is C14H9BrN2O4. The summed E-state index contributed by atoms with van der Waals surface area (Å²) in [5.74, 6) is -0.762. The molecule has 2 rings (SSSR count). The van der Waals surface area contributed by atoms with E-state index < -0.39 is 10.9 Å². The molecular weight excluding hydrogens is 340 g/mol. The Morgan fingerprint density at radius 2 is 2.00 bits per heavy atom. The first-order chi connectivity index (χ1) is 10.1. The fourth-order valence-corrected chi connectivity index (χ4v) is 1.90. The van der Waals surface area contributed by atoms with Crippen molar-refractivity contribution in [1.82, 2.24) is 0 Å². The fraction of sp³-hybridized carbons (Fsp3) is 0. The van der Waals surface area contributed by atoms with Crippen molar-refractivity contribution in [2.45, 2.75) is 0 Å². The lowest BCUT2D eigenvalue weighted by Gasteiger charge is -1.99. The third-order valence-electron chi connectivity index (χ3n) is 2.53. The molecule has 0 fully saturated rings. The Hall–Kier alpha value is -2.54. The summed E-state index contributed by atoms with van der Waals surface area (Å²) in [5.41, 5.74) is 0.622. The van der Waals surface area contributed by atoms with Crippen molar-refractivity contribution in [1.29, 1.82) is 0 Å². The highest BCUT2D eigenvalue weighted by Gasteiger charge is 2.12. The van der Waals surface area contributed by atoms with Gasteiger partial charge in [-0.3, -0.25) is 10.1 Å². The van der Waals surface area contributed by atoms with Crippen molar-refractivity contribution in [3.8, 4) is 0 Å². The van der Waals surface area contributed by atoms with Crippen LogP contribution in [-0.4, -0.2) is 17.1 Å². The highest BCUT2D eigenvalue weighted by Crippen LogP contribution is 2.15. The summed E-state index contributed by atoms with van der Waals surface area (Å²) in [7, 11) is 0. The molecule has 0 aromatic heterocycles. The number of nitro benzene ring substituents is 1. The molecule has 0 atom stereocenters. The van der Waals surface area contributed by atoms with E-state index in [1.165, 1.54) is 24.4 Å². The van der Waals surface area contributed by atoms with Crippen molar-refractivity contribution in [2.75, 3.05) is 0 Å². The molecule has 0 aliphatic rings. The Morgan fingerprint density at radius 3 is 2.71 bits per heavy atom. The number of nitrogens with zero attached hydrogens (tertiary/aromatic N) is 2. The Bertz CT molecular complexity index is 716. The number of oxime groups is 1. The van der Waals surface area contributed by atoms with E-state index in [4.69, 9.17) is 4.84 Å². The number of nitro groups is 1. The van der Waals surface area contributed by atoms with E-state index in [0.29, 0.717) is 0 Å². The molecule has 0 saturated carbocycles. The van der Waals surface area contributed by atoms with Crippen LogP contribution < -0.4 is 0 Å². The summed E-state index contributed by atoms with van der Waals surface area (Å²) >= 11 is 3.33. The summed E-state index contributed by atoms with van der Waals surface area (Å²) in [4.78, 5) is 26.5. The number of non-ortho nitro benzene ring substituents is 1. The molecule has 21 heavy (non-hydrogen) atoms. The molecule has 0 bridgehead atoms. The van der Waals surface area contributed by atoms with Crippen molar-refractivity contribution >= 4 is 33.8 Å². The van der Waals surface area contributed by atoms with E-state index in [-0.39, 0.29) is 11.3 Å². The van der Waals surface area contributed by atoms with Gasteiger partial charge in [-0.2, -0.15) is 0 Å². The molecule has 0 saturated heterocycles. The van der Waals surface area contributed by atoms with Crippen LogP contribution in [0.3, 0.4) is 0 Å². The monoisotopic (exact) mass is 348 g/mol. The molecule has 106 valence electrons. The summed E-state index contributed by atoms with van der Waals surface area (Å²) in [6.07, 6.45) is 1.37. The SMILES string of the molecule is O=C(O/N=C/c1ccccc1Br)c1cccc([N+](=O)[O-])c1. The predicted molar refractivity (Wildman–Crippen MR) is 80.2 cm³/mol. The predicted octanol–water partition coefficient (Wildman–Crippen LogP) is 3.55. The van der Waals surface area contributed by atoms with Gasteiger partial charge in [0, 0.05) is 22.2 Å². The fourth-order valence-electron chi connectivity index (χ4n) is 1.51. The lowest BCUT2D eigenvalue weighted by atomic mass is 10.2. The number of carbonyl (C=O) groups is 1. The second-order valence-electron chi connectivity index (χ2n) is 3.94. The number of halogens is 1. The van der Waals surface area contributed by atoms with Crippen LogP contribution in [0.5, 0.6) is 0 Å². The quantitative estimate of drug-likeness (QED) is 0.366. The average molecular weight is 349 g/mol. The smallest absolute Gasteiger partial charge is 0.313 e. The van der Waals surface area contributed by atoms with Gasteiger partial charge in [0.1, 0.15) is 0 Å². The number of hydrogen-bond acceptors (Lipinski definition) is 5. The summed E-state index contributed by atoms with van der Waals surface area (Å²) in [6.45, 7) is 0. The molecule has 7 heteroatoms. The van der Waals surface area contributed by atoms with Crippen LogP contribution >= 0.6 is 15.9 Å². The third-order valence-corrected chi connectivity index (χ3v) is 3.25. The number of benzene rings is 2. The van der Waals surface area contributed by atoms with Gasteiger partial charge in [0.15, 0.2) is 0 Å². The first-order valence-electron chi connectivity index (χ1n) is 5.81. The van der Waals surface area contributed by atoms with Gasteiger partial charge >= 0.3 is 5.97 Å². The number of hydrogen-bond donors (Lipinski definition) is 0. The second-order valence-corrected chi connectivity index (χ2v) is 4.80. The first kappa shape index (κ1) is 14.9. The van der Waals surface area contributed by atoms with Gasteiger partial charge < -0.3 is 4.84 Å². The van der Waals surface area contributed by atoms with E-state index in [1.54, 1.807) is 6.07 Å². The van der Waals surface area contributed by atoms with Crippen molar-refractivity contribution in [2.24, 2.45) is 5.16 Å². The molecule has 0 aliphatic carbocycles. The molecule has 0 N–H and O–H groups in total. The van der Waals surface area contributed by atoms with Crippen LogP contribution in [0.1, 0.15) is 15.9 Å². The molecule has 2 aromatic carbocycles. The Kier molecular flexibility index (Phi) is 4.78. The summed E-state index contributed by atoms with van der Waals surface area (Å²) in [5, 5.41) is 14.2. The minimum absolute atomic E-state index is 0.0634. The number of rotatable bonds is 4. The van der Waals surface area contributed by atoms with Crippen LogP contribution in [-0.2, 0) is 4.84 Å². The highest BCUT2D eigenvalue weighted by atomic mass is 79.9. The van der Waals surface area contributed by atoms with E-state index in [0.717, 1.165) is 16.1 Å². The van der Waals surface area contributed by atoms with Crippen LogP contribution in [0.25, 0.3) is 0 Å². The van der Waals surface area contributed by atoms with Gasteiger partial charge in [-0.25, -0.2) is 4.79 Å². The zero-order valence-corrected chi connectivity index (χ0v) is 12.2. The van der Waals surface area contributed by atoms with Gasteiger partial charge in [0.2, 0.25) is 0 Å². The Morgan fingerprint density at radius 1 is 1.24 bits per heavy atom. The zero-order valence-electron chi connectivity index (χ0n) is 10.6. The molecule has 0 spiro atoms. The Labute approximate surface area is 128 Å². The average Bonchev–Trinajstić information content (AvgIpc) is 2.49. The van der Waals surface area contributed by atoms with E-state index in [9.17, 15) is 14.9 Å². The van der Waals surface area contributed by atoms with Gasteiger partial charge in [0.25, 0.3) is 5.69 Å². The van der Waals surface area contributed by atoms with Crippen molar-refractivity contribution in [3.63, 3.8) is 0 Å². The maximum Gasteiger partial charge on any atom is 0.365 e. The molecule has 0 heterocycles. The number of carbonyl (C=O) groups excluding carboxylic acids is 1. The van der Waals surface area contributed by atoms with Crippen LogP contribution in [0.2, 0.25) is 0 Å². The Balaban J connectivity index is 2.07. The molecule has 0 aliphatic heterocycles. The topological polar surface area (TPSA) is 81.8 Å². The van der Waals surface area contributed by atoms with E-state index in [1.807, 2.05) is 18.2 Å². The minimum Gasteiger partial charge on any atom is -0.313 e. The largest absolute Gasteiger partial charge is 0.365 e. The molecule has 0 radical (unpaired) electrons. The summed E-state index contributed by atoms with van der Waals surface area (Å²) < 4.78 is 0.806. The molecule has 0 unspecified atom stereocenters. The van der Waals surface area contributed by atoms with Gasteiger partial charge in [-0.1, -0.05) is 45.4 Å². The summed E-state index contributed by atoms with van der Waals surface area (Å²) in [6, 6.07) is 12.5. The van der Waals surface area contributed by atoms with E-state index in [2.05, 4.69) is 21.1 Å². The molecule has 6 nitrogen and oxygen atoms in total. The van der Waals surface area contributed by atoms with Crippen LogP contribution in [0.4, 0.5) is 5.69 Å². The van der Waals surface area contributed by atoms with Gasteiger partial charge in [0.05, 0.1) is 16.7 Å². The lowest BCUT2D eigenvalue weighted by Crippen LogP contribution is -2.02. The maximum absolute atomic E-state index is 11.7. The van der Waals surface area contributed by atoms with Gasteiger partial charge in [-0.15, -0.1) is 0 Å². The van der Waals surface area contributed by atoms with Crippen LogP contribution in [0, 0.1) is 10.1 Å². The van der Waals surface area contributed by atoms with E-state index >= 15 is 0 Å². The van der Waals surface area contributed by atoms with Crippen molar-refractivity contribution in [3.05, 3.63) is 74.2 Å². The standard InChI is InChI=1S/C14H9BrN2O4/c15-13-7-2-1-4-11(13)9-16-21-14(18)10-5-3-6-12(8-10)17(19)20/h1-9H/b16-9+. The van der Waals surface area contributed by atoms with Crippen molar-refractivity contribution < 1.29 is 14.6 Å². The maximum atomic E-state index is 11.7. The molecule has 0 amide bonds. The van der Waals surface area contributed by atoms with Gasteiger partial charge in [-0.05, 0) is 12.1 Å². The minimum atomic E-state index is -0.762. The second kappa shape index (κ2) is 6.76. The normalized spacial score (nSPS) is 10.5. The van der Waals surface area contributed by atoms with Crippen LogP contribution in [0.15, 0.2) is 58.2 Å². The first-order valence-corrected chi connectivity index (χ1v) is 6.61. The zero-order chi connectivity index (χ0) is 15.2. The molecule has 2 aromatic rings. The highest BCUT2D eigenvalue weighted by molar-refractivity contribution is 9.10. The lowest BCUT2D eigenvalue weighted by molar-refractivity contribution is -0.384.